The van der Waals surface area contributed by atoms with Gasteiger partial charge in [0.2, 0.25) is 0 Å². The largest absolute Gasteiger partial charge is 0.381 e. The van der Waals surface area contributed by atoms with Crippen molar-refractivity contribution in [1.29, 1.82) is 0 Å². The van der Waals surface area contributed by atoms with E-state index in [2.05, 4.69) is 21.3 Å². The predicted molar refractivity (Wildman–Crippen MR) is 84.5 cm³/mol. The standard InChI is InChI=1S/C17H18N4O2/c1-11-9-12(2)21(19-11)15-5-3-13(4-6-15)17-18-16(20-23-17)14-7-8-22-10-14/h3-6,9,14H,7-8,10H2,1-2H3. The Kier molecular flexibility index (Phi) is 3.46. The van der Waals surface area contributed by atoms with Gasteiger partial charge < -0.3 is 9.26 Å². The van der Waals surface area contributed by atoms with Crippen molar-refractivity contribution in [1.82, 2.24) is 19.9 Å². The first-order valence-electron chi connectivity index (χ1n) is 7.76. The van der Waals surface area contributed by atoms with Crippen molar-refractivity contribution in [3.63, 3.8) is 0 Å². The lowest BCUT2D eigenvalue weighted by atomic mass is 10.1. The van der Waals surface area contributed by atoms with Gasteiger partial charge in [-0.05, 0) is 50.6 Å². The summed E-state index contributed by atoms with van der Waals surface area (Å²) in [5, 5.41) is 8.58. The third-order valence-corrected chi connectivity index (χ3v) is 4.10. The Balaban J connectivity index is 1.59. The second-order valence-electron chi connectivity index (χ2n) is 5.90. The topological polar surface area (TPSA) is 66.0 Å². The number of aromatic nitrogens is 4. The molecule has 4 rings (SSSR count). The highest BCUT2D eigenvalue weighted by Gasteiger charge is 2.23. The molecule has 3 heterocycles. The van der Waals surface area contributed by atoms with E-state index < -0.39 is 0 Å². The van der Waals surface area contributed by atoms with Gasteiger partial charge in [0.25, 0.3) is 5.89 Å². The molecule has 1 aliphatic rings. The summed E-state index contributed by atoms with van der Waals surface area (Å²) in [6, 6.07) is 10.0. The zero-order valence-electron chi connectivity index (χ0n) is 13.2. The van der Waals surface area contributed by atoms with Gasteiger partial charge in [0.1, 0.15) is 0 Å². The number of hydrogen-bond donors (Lipinski definition) is 0. The zero-order chi connectivity index (χ0) is 15.8. The molecule has 6 heteroatoms. The Morgan fingerprint density at radius 3 is 2.65 bits per heavy atom. The van der Waals surface area contributed by atoms with Crippen molar-refractivity contribution in [2.45, 2.75) is 26.2 Å². The molecule has 1 atom stereocenters. The van der Waals surface area contributed by atoms with E-state index in [4.69, 9.17) is 9.26 Å². The Morgan fingerprint density at radius 1 is 1.17 bits per heavy atom. The second kappa shape index (κ2) is 5.62. The summed E-state index contributed by atoms with van der Waals surface area (Å²) in [6.45, 7) is 5.48. The van der Waals surface area contributed by atoms with Gasteiger partial charge in [-0.25, -0.2) is 4.68 Å². The maximum Gasteiger partial charge on any atom is 0.257 e. The van der Waals surface area contributed by atoms with Crippen molar-refractivity contribution in [3.05, 3.63) is 47.5 Å². The average molecular weight is 310 g/mol. The first kappa shape index (κ1) is 14.1. The molecule has 1 aliphatic heterocycles. The van der Waals surface area contributed by atoms with Crippen LogP contribution in [0.15, 0.2) is 34.9 Å². The fourth-order valence-corrected chi connectivity index (χ4v) is 2.89. The van der Waals surface area contributed by atoms with Crippen LogP contribution in [0.4, 0.5) is 0 Å². The van der Waals surface area contributed by atoms with Crippen LogP contribution in [0.1, 0.15) is 29.6 Å². The van der Waals surface area contributed by atoms with Crippen LogP contribution < -0.4 is 0 Å². The van der Waals surface area contributed by atoms with Crippen LogP contribution in [-0.4, -0.2) is 33.1 Å². The lowest BCUT2D eigenvalue weighted by molar-refractivity contribution is 0.192. The Hall–Kier alpha value is -2.47. The molecule has 1 aromatic carbocycles. The van der Waals surface area contributed by atoms with Gasteiger partial charge in [-0.3, -0.25) is 0 Å². The third-order valence-electron chi connectivity index (χ3n) is 4.10. The summed E-state index contributed by atoms with van der Waals surface area (Å²) in [5.41, 5.74) is 4.04. The van der Waals surface area contributed by atoms with E-state index in [0.717, 1.165) is 41.5 Å². The number of aryl methyl sites for hydroxylation is 2. The van der Waals surface area contributed by atoms with Crippen LogP contribution in [0, 0.1) is 13.8 Å². The highest BCUT2D eigenvalue weighted by atomic mass is 16.5. The molecule has 118 valence electrons. The number of rotatable bonds is 3. The maximum absolute atomic E-state index is 5.40. The molecule has 1 saturated heterocycles. The van der Waals surface area contributed by atoms with Gasteiger partial charge in [-0.1, -0.05) is 5.16 Å². The van der Waals surface area contributed by atoms with Crippen molar-refractivity contribution < 1.29 is 9.26 Å². The predicted octanol–water partition coefficient (Wildman–Crippen LogP) is 3.04. The third kappa shape index (κ3) is 2.66. The molecule has 0 saturated carbocycles. The molecule has 2 aromatic heterocycles. The molecule has 0 amide bonds. The summed E-state index contributed by atoms with van der Waals surface area (Å²) < 4.78 is 12.7. The Bertz CT molecular complexity index is 813. The molecule has 0 spiro atoms. The minimum Gasteiger partial charge on any atom is -0.381 e. The van der Waals surface area contributed by atoms with E-state index in [1.54, 1.807) is 0 Å². The molecule has 1 unspecified atom stereocenters. The minimum atomic E-state index is 0.251. The normalized spacial score (nSPS) is 17.7. The summed E-state index contributed by atoms with van der Waals surface area (Å²) in [6.07, 6.45) is 0.954. The number of hydrogen-bond acceptors (Lipinski definition) is 5. The van der Waals surface area contributed by atoms with Crippen LogP contribution >= 0.6 is 0 Å². The van der Waals surface area contributed by atoms with Gasteiger partial charge in [0, 0.05) is 23.8 Å². The lowest BCUT2D eigenvalue weighted by Gasteiger charge is -2.04. The highest BCUT2D eigenvalue weighted by molar-refractivity contribution is 5.55. The van der Waals surface area contributed by atoms with Gasteiger partial charge in [-0.15, -0.1) is 0 Å². The lowest BCUT2D eigenvalue weighted by Crippen LogP contribution is -2.00. The molecule has 0 N–H and O–H groups in total. The van der Waals surface area contributed by atoms with E-state index in [9.17, 15) is 0 Å². The van der Waals surface area contributed by atoms with Crippen molar-refractivity contribution in [2.75, 3.05) is 13.2 Å². The van der Waals surface area contributed by atoms with Gasteiger partial charge in [0.15, 0.2) is 5.82 Å². The Labute approximate surface area is 134 Å². The van der Waals surface area contributed by atoms with Crippen molar-refractivity contribution in [3.8, 4) is 17.1 Å². The van der Waals surface area contributed by atoms with E-state index >= 15 is 0 Å². The van der Waals surface area contributed by atoms with Crippen LogP contribution in [0.3, 0.4) is 0 Å². The van der Waals surface area contributed by atoms with E-state index in [1.807, 2.05) is 42.8 Å². The van der Waals surface area contributed by atoms with Crippen LogP contribution in [0.5, 0.6) is 0 Å². The monoisotopic (exact) mass is 310 g/mol. The molecule has 0 bridgehead atoms. The zero-order valence-corrected chi connectivity index (χ0v) is 13.2. The van der Waals surface area contributed by atoms with Crippen LogP contribution in [0.25, 0.3) is 17.1 Å². The van der Waals surface area contributed by atoms with E-state index in [-0.39, 0.29) is 5.92 Å². The van der Waals surface area contributed by atoms with Gasteiger partial charge >= 0.3 is 0 Å². The fraction of sp³-hybridized carbons (Fsp3) is 0.353. The molecule has 23 heavy (non-hydrogen) atoms. The molecule has 6 nitrogen and oxygen atoms in total. The maximum atomic E-state index is 5.40. The smallest absolute Gasteiger partial charge is 0.257 e. The highest BCUT2D eigenvalue weighted by Crippen LogP contribution is 2.26. The first-order valence-corrected chi connectivity index (χ1v) is 7.76. The van der Waals surface area contributed by atoms with Gasteiger partial charge in [0.05, 0.1) is 18.0 Å². The number of nitrogens with zero attached hydrogens (tertiary/aromatic N) is 4. The van der Waals surface area contributed by atoms with E-state index in [1.165, 1.54) is 0 Å². The molecular weight excluding hydrogens is 292 g/mol. The molecular formula is C17H18N4O2. The average Bonchev–Trinajstić information content (AvgIpc) is 3.27. The molecule has 0 radical (unpaired) electrons. The Morgan fingerprint density at radius 2 is 2.00 bits per heavy atom. The molecule has 0 aliphatic carbocycles. The number of benzene rings is 1. The summed E-state index contributed by atoms with van der Waals surface area (Å²) in [7, 11) is 0. The first-order chi connectivity index (χ1) is 11.2. The fourth-order valence-electron chi connectivity index (χ4n) is 2.89. The second-order valence-corrected chi connectivity index (χ2v) is 5.90. The van der Waals surface area contributed by atoms with Crippen LogP contribution in [-0.2, 0) is 4.74 Å². The van der Waals surface area contributed by atoms with Crippen molar-refractivity contribution in [2.24, 2.45) is 0 Å². The van der Waals surface area contributed by atoms with Crippen LogP contribution in [0.2, 0.25) is 0 Å². The SMILES string of the molecule is Cc1cc(C)n(-c2ccc(-c3nc(C4CCOC4)no3)cc2)n1. The summed E-state index contributed by atoms with van der Waals surface area (Å²) >= 11 is 0. The summed E-state index contributed by atoms with van der Waals surface area (Å²) in [5.74, 6) is 1.54. The minimum absolute atomic E-state index is 0.251. The van der Waals surface area contributed by atoms with Gasteiger partial charge in [-0.2, -0.15) is 10.1 Å². The number of ether oxygens (including phenoxy) is 1. The van der Waals surface area contributed by atoms with E-state index in [0.29, 0.717) is 12.5 Å². The summed E-state index contributed by atoms with van der Waals surface area (Å²) in [4.78, 5) is 4.51. The molecule has 3 aromatic rings. The quantitative estimate of drug-likeness (QED) is 0.744. The van der Waals surface area contributed by atoms with Crippen molar-refractivity contribution >= 4 is 0 Å². The molecule has 1 fully saturated rings.